The molecule has 1 saturated carbocycles. The second-order valence-corrected chi connectivity index (χ2v) is 8.86. The Morgan fingerprint density at radius 3 is 2.71 bits per heavy atom. The van der Waals surface area contributed by atoms with E-state index in [1.807, 2.05) is 0 Å². The van der Waals surface area contributed by atoms with Gasteiger partial charge in [-0.3, -0.25) is 9.36 Å². The van der Waals surface area contributed by atoms with E-state index in [9.17, 15) is 4.79 Å². The van der Waals surface area contributed by atoms with Gasteiger partial charge in [-0.05, 0) is 29.4 Å². The lowest BCUT2D eigenvalue weighted by Crippen LogP contribution is -2.22. The molecule has 1 fully saturated rings. The quantitative estimate of drug-likeness (QED) is 0.399. The van der Waals surface area contributed by atoms with Crippen LogP contribution in [-0.2, 0) is 13.6 Å². The second-order valence-electron chi connectivity index (χ2n) is 8.86. The van der Waals surface area contributed by atoms with Crippen LogP contribution in [-0.4, -0.2) is 34.2 Å². The van der Waals surface area contributed by atoms with E-state index in [1.54, 1.807) is 24.1 Å². The maximum Gasteiger partial charge on any atom is 0.280 e. The monoisotopic (exact) mass is 453 g/mol. The van der Waals surface area contributed by atoms with E-state index in [0.717, 1.165) is 17.7 Å². The fourth-order valence-electron chi connectivity index (χ4n) is 5.03. The summed E-state index contributed by atoms with van der Waals surface area (Å²) in [7, 11) is 1.77. The second kappa shape index (κ2) is 7.08. The number of nitrogens with zero attached hydrogens (tertiary/aromatic N) is 7. The van der Waals surface area contributed by atoms with Gasteiger partial charge in [-0.1, -0.05) is 35.5 Å². The highest BCUT2D eigenvalue weighted by atomic mass is 16.5. The van der Waals surface area contributed by atoms with Gasteiger partial charge in [-0.15, -0.1) is 0 Å². The van der Waals surface area contributed by atoms with E-state index in [-0.39, 0.29) is 18.0 Å². The highest BCUT2D eigenvalue weighted by Gasteiger charge is 2.55. The van der Waals surface area contributed by atoms with E-state index in [0.29, 0.717) is 34.7 Å². The number of rotatable bonds is 5. The van der Waals surface area contributed by atoms with Gasteiger partial charge >= 0.3 is 0 Å². The van der Waals surface area contributed by atoms with Crippen LogP contribution < -0.4 is 5.56 Å². The van der Waals surface area contributed by atoms with Crippen LogP contribution in [0, 0.1) is 11.8 Å². The maximum absolute atomic E-state index is 12.7. The molecule has 0 spiro atoms. The smallest absolute Gasteiger partial charge is 0.280 e. The van der Waals surface area contributed by atoms with Gasteiger partial charge in [-0.2, -0.15) is 4.98 Å². The molecule has 0 amide bonds. The van der Waals surface area contributed by atoms with Crippen LogP contribution in [0.3, 0.4) is 0 Å². The van der Waals surface area contributed by atoms with Crippen LogP contribution in [0.5, 0.6) is 0 Å². The van der Waals surface area contributed by atoms with Gasteiger partial charge in [0.1, 0.15) is 12.9 Å². The number of allylic oxidation sites excluding steroid dienone is 2. The number of oxazole rings is 1. The summed E-state index contributed by atoms with van der Waals surface area (Å²) in [6, 6.07) is 8.37. The summed E-state index contributed by atoms with van der Waals surface area (Å²) in [6.45, 7) is 0.181. The molecule has 4 heterocycles. The molecule has 10 nitrogen and oxygen atoms in total. The van der Waals surface area contributed by atoms with E-state index in [4.69, 9.17) is 8.94 Å². The Kier molecular flexibility index (Phi) is 3.99. The van der Waals surface area contributed by atoms with Crippen molar-refractivity contribution < 1.29 is 8.94 Å². The standard InChI is InChI=1S/C24H19N7O3/c1-30-10-26-23-21(30)24(32)31(11-27-23)9-19-28-22(29-34-19)20-16-6-15(7-17(16)20)13-2-4-14(5-3-13)18-8-25-12-33-18/h2-6,8,10-12,16-17,20H,7,9H2,1H3/t16-,17+,20+/m0/s1. The summed E-state index contributed by atoms with van der Waals surface area (Å²) in [5.41, 5.74) is 4.28. The number of aromatic nitrogens is 7. The number of aryl methyl sites for hydroxylation is 1. The van der Waals surface area contributed by atoms with Crippen LogP contribution in [0.15, 0.2) is 69.3 Å². The molecule has 0 saturated heterocycles. The van der Waals surface area contributed by atoms with Gasteiger partial charge in [0.2, 0.25) is 5.89 Å². The van der Waals surface area contributed by atoms with Gasteiger partial charge in [-0.25, -0.2) is 15.0 Å². The first-order chi connectivity index (χ1) is 16.7. The van der Waals surface area contributed by atoms with Crippen molar-refractivity contribution in [3.8, 4) is 11.3 Å². The highest BCUT2D eigenvalue weighted by Crippen LogP contribution is 2.62. The van der Waals surface area contributed by atoms with Gasteiger partial charge in [0.15, 0.2) is 29.1 Å². The molecule has 3 atom stereocenters. The average molecular weight is 453 g/mol. The first kappa shape index (κ1) is 19.2. The molecule has 0 bridgehead atoms. The first-order valence-electron chi connectivity index (χ1n) is 11.0. The number of hydrogen-bond donors (Lipinski definition) is 0. The third-order valence-corrected chi connectivity index (χ3v) is 6.84. The number of hydrogen-bond acceptors (Lipinski definition) is 8. The molecule has 2 aliphatic rings. The minimum atomic E-state index is -0.185. The predicted octanol–water partition coefficient (Wildman–Crippen LogP) is 3.03. The lowest BCUT2D eigenvalue weighted by Gasteiger charge is -2.06. The fraction of sp³-hybridized carbons (Fsp3) is 0.250. The lowest BCUT2D eigenvalue weighted by molar-refractivity contribution is 0.364. The Hall–Kier alpha value is -4.34. The Balaban J connectivity index is 1.06. The average Bonchev–Trinajstić information content (AvgIpc) is 3.47. The van der Waals surface area contributed by atoms with E-state index < -0.39 is 0 Å². The molecule has 2 aliphatic carbocycles. The SMILES string of the molecule is Cn1cnc2ncn(Cc3nc([C@@H]4[C@H]5C=C(c6ccc(-c7cnco7)cc6)C[C@H]54)no3)c(=O)c21. The Bertz CT molecular complexity index is 1610. The maximum atomic E-state index is 12.7. The largest absolute Gasteiger partial charge is 0.444 e. The van der Waals surface area contributed by atoms with Crippen molar-refractivity contribution >= 4 is 16.7 Å². The Morgan fingerprint density at radius 1 is 1.12 bits per heavy atom. The molecule has 0 radical (unpaired) electrons. The normalized spacial score (nSPS) is 21.1. The van der Waals surface area contributed by atoms with Crippen molar-refractivity contribution in [1.82, 2.24) is 34.2 Å². The molecule has 0 aliphatic heterocycles. The number of benzene rings is 1. The summed E-state index contributed by atoms with van der Waals surface area (Å²) in [4.78, 5) is 29.7. The Morgan fingerprint density at radius 2 is 1.94 bits per heavy atom. The molecular weight excluding hydrogens is 434 g/mol. The number of fused-ring (bicyclic) bond motifs is 2. The van der Waals surface area contributed by atoms with E-state index in [1.165, 1.54) is 28.4 Å². The molecule has 10 heteroatoms. The molecule has 5 aromatic rings. The fourth-order valence-corrected chi connectivity index (χ4v) is 5.03. The van der Waals surface area contributed by atoms with Crippen molar-refractivity contribution in [2.75, 3.05) is 0 Å². The predicted molar refractivity (Wildman–Crippen MR) is 120 cm³/mol. The van der Waals surface area contributed by atoms with Crippen molar-refractivity contribution in [1.29, 1.82) is 0 Å². The molecule has 7 rings (SSSR count). The van der Waals surface area contributed by atoms with E-state index in [2.05, 4.69) is 55.4 Å². The van der Waals surface area contributed by atoms with Crippen molar-refractivity contribution in [2.24, 2.45) is 18.9 Å². The van der Waals surface area contributed by atoms with Crippen molar-refractivity contribution in [2.45, 2.75) is 18.9 Å². The molecule has 0 N–H and O–H groups in total. The molecule has 1 aromatic carbocycles. The minimum Gasteiger partial charge on any atom is -0.444 e. The molecule has 34 heavy (non-hydrogen) atoms. The first-order valence-corrected chi connectivity index (χ1v) is 11.0. The molecule has 0 unspecified atom stereocenters. The van der Waals surface area contributed by atoms with Gasteiger partial charge < -0.3 is 13.5 Å². The minimum absolute atomic E-state index is 0.181. The summed E-state index contributed by atoms with van der Waals surface area (Å²) in [6.07, 6.45) is 9.52. The van der Waals surface area contributed by atoms with Gasteiger partial charge in [0, 0.05) is 18.5 Å². The zero-order chi connectivity index (χ0) is 22.8. The van der Waals surface area contributed by atoms with Crippen LogP contribution in [0.25, 0.3) is 28.1 Å². The number of imidazole rings is 1. The molecule has 4 aromatic heterocycles. The van der Waals surface area contributed by atoms with E-state index >= 15 is 0 Å². The Labute approximate surface area is 192 Å². The molecular formula is C24H19N7O3. The van der Waals surface area contributed by atoms with Crippen molar-refractivity contribution in [3.05, 3.63) is 83.2 Å². The highest BCUT2D eigenvalue weighted by molar-refractivity contribution is 5.72. The summed E-state index contributed by atoms with van der Waals surface area (Å²) in [5.74, 6) is 3.06. The summed E-state index contributed by atoms with van der Waals surface area (Å²) < 4.78 is 14.0. The third-order valence-electron chi connectivity index (χ3n) is 6.84. The summed E-state index contributed by atoms with van der Waals surface area (Å²) >= 11 is 0. The van der Waals surface area contributed by atoms with Crippen LogP contribution in [0.4, 0.5) is 0 Å². The summed E-state index contributed by atoms with van der Waals surface area (Å²) in [5, 5.41) is 4.21. The lowest BCUT2D eigenvalue weighted by atomic mass is 9.99. The van der Waals surface area contributed by atoms with Gasteiger partial charge in [0.05, 0.1) is 12.5 Å². The third kappa shape index (κ3) is 2.95. The van der Waals surface area contributed by atoms with Gasteiger partial charge in [0.25, 0.3) is 5.56 Å². The zero-order valence-electron chi connectivity index (χ0n) is 18.2. The molecule has 168 valence electrons. The van der Waals surface area contributed by atoms with Crippen LogP contribution >= 0.6 is 0 Å². The van der Waals surface area contributed by atoms with Crippen LogP contribution in [0.2, 0.25) is 0 Å². The zero-order valence-corrected chi connectivity index (χ0v) is 18.2. The van der Waals surface area contributed by atoms with Crippen molar-refractivity contribution in [3.63, 3.8) is 0 Å². The van der Waals surface area contributed by atoms with Crippen LogP contribution in [0.1, 0.15) is 29.6 Å². The topological polar surface area (TPSA) is 118 Å².